The molecule has 0 aromatic heterocycles. The fourth-order valence-electron chi connectivity index (χ4n) is 3.82. The summed E-state index contributed by atoms with van der Waals surface area (Å²) >= 11 is 0. The van der Waals surface area contributed by atoms with Crippen LogP contribution in [0.4, 0.5) is 5.69 Å². The lowest BCUT2D eigenvalue weighted by Crippen LogP contribution is -2.36. The predicted molar refractivity (Wildman–Crippen MR) is 121 cm³/mol. The smallest absolute Gasteiger partial charge is 0.224 e. The SMILES string of the molecule is CC(C)(CO)C(CNC(=O)CCCOc1ccc2c(c1)CCC(=O)N2)c1ccccc1. The van der Waals surface area contributed by atoms with Gasteiger partial charge in [-0.05, 0) is 47.6 Å². The number of hydrogen-bond acceptors (Lipinski definition) is 4. The van der Waals surface area contributed by atoms with Crippen molar-refractivity contribution in [3.05, 3.63) is 59.7 Å². The van der Waals surface area contributed by atoms with Crippen LogP contribution in [0.15, 0.2) is 48.5 Å². The van der Waals surface area contributed by atoms with E-state index >= 15 is 0 Å². The quantitative estimate of drug-likeness (QED) is 0.508. The molecule has 31 heavy (non-hydrogen) atoms. The summed E-state index contributed by atoms with van der Waals surface area (Å²) < 4.78 is 5.79. The molecule has 0 spiro atoms. The largest absolute Gasteiger partial charge is 0.494 e. The number of rotatable bonds is 10. The lowest BCUT2D eigenvalue weighted by molar-refractivity contribution is -0.121. The summed E-state index contributed by atoms with van der Waals surface area (Å²) in [6.07, 6.45) is 2.20. The van der Waals surface area contributed by atoms with Gasteiger partial charge in [0.1, 0.15) is 5.75 Å². The number of benzene rings is 2. The summed E-state index contributed by atoms with van der Waals surface area (Å²) in [6.45, 7) is 4.99. The van der Waals surface area contributed by atoms with Crippen LogP contribution < -0.4 is 15.4 Å². The molecule has 0 radical (unpaired) electrons. The molecule has 2 amide bonds. The maximum atomic E-state index is 12.4. The van der Waals surface area contributed by atoms with E-state index in [9.17, 15) is 14.7 Å². The minimum Gasteiger partial charge on any atom is -0.494 e. The molecule has 3 N–H and O–H groups in total. The molecule has 1 unspecified atom stereocenters. The third-order valence-electron chi connectivity index (χ3n) is 5.85. The Kier molecular flexibility index (Phi) is 7.69. The van der Waals surface area contributed by atoms with E-state index in [0.717, 1.165) is 22.6 Å². The van der Waals surface area contributed by atoms with Crippen molar-refractivity contribution in [2.24, 2.45) is 5.41 Å². The van der Waals surface area contributed by atoms with Crippen molar-refractivity contribution < 1.29 is 19.4 Å². The fraction of sp³-hybridized carbons (Fsp3) is 0.440. The van der Waals surface area contributed by atoms with Crippen molar-refractivity contribution in [3.63, 3.8) is 0 Å². The molecule has 1 aliphatic heterocycles. The Morgan fingerprint density at radius 3 is 2.71 bits per heavy atom. The van der Waals surface area contributed by atoms with Crippen LogP contribution in [0.1, 0.15) is 50.2 Å². The first-order chi connectivity index (χ1) is 14.9. The third kappa shape index (κ3) is 6.31. The van der Waals surface area contributed by atoms with Gasteiger partial charge in [0, 0.05) is 37.6 Å². The van der Waals surface area contributed by atoms with Crippen molar-refractivity contribution >= 4 is 17.5 Å². The van der Waals surface area contributed by atoms with E-state index in [-0.39, 0.29) is 29.8 Å². The Bertz CT molecular complexity index is 896. The van der Waals surface area contributed by atoms with E-state index in [2.05, 4.69) is 10.6 Å². The van der Waals surface area contributed by atoms with Gasteiger partial charge in [-0.15, -0.1) is 0 Å². The summed E-state index contributed by atoms with van der Waals surface area (Å²) in [7, 11) is 0. The molecule has 0 aliphatic carbocycles. The molecule has 0 fully saturated rings. The number of nitrogens with one attached hydrogen (secondary N) is 2. The normalized spacial score (nSPS) is 14.4. The first kappa shape index (κ1) is 22.8. The van der Waals surface area contributed by atoms with Crippen LogP contribution in [0.3, 0.4) is 0 Å². The van der Waals surface area contributed by atoms with E-state index in [4.69, 9.17) is 4.74 Å². The van der Waals surface area contributed by atoms with Crippen LogP contribution in [-0.2, 0) is 16.0 Å². The van der Waals surface area contributed by atoms with Crippen molar-refractivity contribution in [2.75, 3.05) is 25.1 Å². The second-order valence-electron chi connectivity index (χ2n) is 8.73. The van der Waals surface area contributed by atoms with E-state index in [1.165, 1.54) is 0 Å². The first-order valence-corrected chi connectivity index (χ1v) is 10.9. The van der Waals surface area contributed by atoms with E-state index in [0.29, 0.717) is 38.8 Å². The molecule has 2 aromatic carbocycles. The average Bonchev–Trinajstić information content (AvgIpc) is 2.77. The second kappa shape index (κ2) is 10.4. The Morgan fingerprint density at radius 1 is 1.19 bits per heavy atom. The molecule has 1 atom stereocenters. The van der Waals surface area contributed by atoms with E-state index in [1.54, 1.807) is 0 Å². The van der Waals surface area contributed by atoms with Gasteiger partial charge in [0.05, 0.1) is 6.61 Å². The molecule has 6 nitrogen and oxygen atoms in total. The fourth-order valence-corrected chi connectivity index (χ4v) is 3.82. The number of aryl methyl sites for hydroxylation is 1. The summed E-state index contributed by atoms with van der Waals surface area (Å²) in [6, 6.07) is 15.6. The molecule has 1 aliphatic rings. The molecule has 0 saturated carbocycles. The molecule has 1 heterocycles. The highest BCUT2D eigenvalue weighted by molar-refractivity contribution is 5.94. The Morgan fingerprint density at radius 2 is 1.97 bits per heavy atom. The lowest BCUT2D eigenvalue weighted by atomic mass is 9.75. The number of hydrogen-bond donors (Lipinski definition) is 3. The summed E-state index contributed by atoms with van der Waals surface area (Å²) in [5.74, 6) is 0.800. The Balaban J connectivity index is 1.44. The zero-order valence-corrected chi connectivity index (χ0v) is 18.3. The maximum absolute atomic E-state index is 12.4. The van der Waals surface area contributed by atoms with Crippen LogP contribution in [-0.4, -0.2) is 36.7 Å². The van der Waals surface area contributed by atoms with E-state index in [1.807, 2.05) is 62.4 Å². The van der Waals surface area contributed by atoms with Crippen molar-refractivity contribution in [1.82, 2.24) is 5.32 Å². The average molecular weight is 425 g/mol. The van der Waals surface area contributed by atoms with Gasteiger partial charge in [0.25, 0.3) is 0 Å². The Labute approximate surface area is 184 Å². The van der Waals surface area contributed by atoms with Gasteiger partial charge in [0.15, 0.2) is 0 Å². The molecule has 166 valence electrons. The zero-order chi connectivity index (χ0) is 22.3. The number of carbonyl (C=O) groups excluding carboxylic acids is 2. The van der Waals surface area contributed by atoms with Crippen molar-refractivity contribution in [2.45, 2.75) is 45.4 Å². The van der Waals surface area contributed by atoms with Gasteiger partial charge in [0.2, 0.25) is 11.8 Å². The standard InChI is InChI=1S/C25H32N2O4/c1-25(2,17-28)21(18-7-4-3-5-8-18)16-26-23(29)9-6-14-31-20-11-12-22-19(15-20)10-13-24(30)27-22/h3-5,7-8,11-12,15,21,28H,6,9-10,13-14,16-17H2,1-2H3,(H,26,29)(H,27,30). The first-order valence-electron chi connectivity index (χ1n) is 10.9. The number of ether oxygens (including phenoxy) is 1. The highest BCUT2D eigenvalue weighted by atomic mass is 16.5. The van der Waals surface area contributed by atoms with Crippen LogP contribution in [0.2, 0.25) is 0 Å². The van der Waals surface area contributed by atoms with Gasteiger partial charge in [-0.1, -0.05) is 44.2 Å². The summed E-state index contributed by atoms with van der Waals surface area (Å²) in [5.41, 5.74) is 2.69. The van der Waals surface area contributed by atoms with Crippen LogP contribution in [0.5, 0.6) is 5.75 Å². The molecular formula is C25H32N2O4. The van der Waals surface area contributed by atoms with Crippen LogP contribution >= 0.6 is 0 Å². The minimum atomic E-state index is -0.344. The Hall–Kier alpha value is -2.86. The van der Waals surface area contributed by atoms with Crippen LogP contribution in [0.25, 0.3) is 0 Å². The topological polar surface area (TPSA) is 87.7 Å². The molecule has 0 saturated heterocycles. The van der Waals surface area contributed by atoms with Gasteiger partial charge >= 0.3 is 0 Å². The van der Waals surface area contributed by atoms with Gasteiger partial charge in [-0.25, -0.2) is 0 Å². The highest BCUT2D eigenvalue weighted by Gasteiger charge is 2.30. The number of anilines is 1. The maximum Gasteiger partial charge on any atom is 0.224 e. The van der Waals surface area contributed by atoms with Crippen molar-refractivity contribution in [3.8, 4) is 5.75 Å². The molecule has 6 heteroatoms. The van der Waals surface area contributed by atoms with Crippen LogP contribution in [0, 0.1) is 5.41 Å². The monoisotopic (exact) mass is 424 g/mol. The number of amides is 2. The van der Waals surface area contributed by atoms with Gasteiger partial charge < -0.3 is 20.5 Å². The molecule has 3 rings (SSSR count). The van der Waals surface area contributed by atoms with Gasteiger partial charge in [-0.2, -0.15) is 0 Å². The molecule has 2 aromatic rings. The number of aliphatic hydroxyl groups is 1. The summed E-state index contributed by atoms with van der Waals surface area (Å²) in [4.78, 5) is 23.8. The highest BCUT2D eigenvalue weighted by Crippen LogP contribution is 2.34. The molecular weight excluding hydrogens is 392 g/mol. The lowest BCUT2D eigenvalue weighted by Gasteiger charge is -2.33. The van der Waals surface area contributed by atoms with Gasteiger partial charge in [-0.3, -0.25) is 9.59 Å². The predicted octanol–water partition coefficient (Wildman–Crippen LogP) is 3.65. The number of aliphatic hydroxyl groups excluding tert-OH is 1. The minimum absolute atomic E-state index is 0.0218. The second-order valence-corrected chi connectivity index (χ2v) is 8.73. The van der Waals surface area contributed by atoms with Crippen molar-refractivity contribution in [1.29, 1.82) is 0 Å². The number of carbonyl (C=O) groups is 2. The number of fused-ring (bicyclic) bond motifs is 1. The third-order valence-corrected chi connectivity index (χ3v) is 5.85. The molecule has 0 bridgehead atoms. The summed E-state index contributed by atoms with van der Waals surface area (Å²) in [5, 5.41) is 15.7. The zero-order valence-electron chi connectivity index (χ0n) is 18.3. The van der Waals surface area contributed by atoms with E-state index < -0.39 is 0 Å².